The summed E-state index contributed by atoms with van der Waals surface area (Å²) in [6.07, 6.45) is 5.54. The highest BCUT2D eigenvalue weighted by molar-refractivity contribution is 6.30. The van der Waals surface area contributed by atoms with Gasteiger partial charge < -0.3 is 14.8 Å². The fourth-order valence-electron chi connectivity index (χ4n) is 3.78. The van der Waals surface area contributed by atoms with Crippen LogP contribution in [-0.4, -0.2) is 46.4 Å². The number of fused-ring (bicyclic) bond motifs is 1. The number of nitrogens with one attached hydrogen (secondary N) is 1. The van der Waals surface area contributed by atoms with Gasteiger partial charge in [-0.05, 0) is 70.4 Å². The molecule has 3 rings (SSSR count). The number of anilines is 1. The number of carbonyl (C=O) groups is 2. The summed E-state index contributed by atoms with van der Waals surface area (Å²) >= 11 is 5.97. The Labute approximate surface area is 189 Å². The summed E-state index contributed by atoms with van der Waals surface area (Å²) in [4.78, 5) is 26.7. The minimum absolute atomic E-state index is 0.324. The van der Waals surface area contributed by atoms with Crippen LogP contribution in [0.2, 0.25) is 5.02 Å². The van der Waals surface area contributed by atoms with Crippen molar-refractivity contribution in [1.29, 1.82) is 0 Å². The van der Waals surface area contributed by atoms with Crippen LogP contribution in [0.3, 0.4) is 0 Å². The number of unbranched alkanes of at least 4 members (excludes halogenated alkanes) is 1. The van der Waals surface area contributed by atoms with Crippen LogP contribution in [0.4, 0.5) is 15.3 Å². The highest BCUT2D eigenvalue weighted by Crippen LogP contribution is 2.34. The third-order valence-electron chi connectivity index (χ3n) is 5.15. The van der Waals surface area contributed by atoms with E-state index in [-0.39, 0.29) is 12.1 Å². The molecule has 7 nitrogen and oxygen atoms in total. The lowest BCUT2D eigenvalue weighted by Crippen LogP contribution is -2.63. The maximum absolute atomic E-state index is 13.5. The van der Waals surface area contributed by atoms with Crippen molar-refractivity contribution in [3.63, 3.8) is 0 Å². The van der Waals surface area contributed by atoms with Crippen molar-refractivity contribution in [3.8, 4) is 0 Å². The van der Waals surface area contributed by atoms with Crippen molar-refractivity contribution < 1.29 is 19.1 Å². The maximum atomic E-state index is 13.5. The van der Waals surface area contributed by atoms with Gasteiger partial charge in [-0.25, -0.2) is 19.6 Å². The number of urea groups is 1. The van der Waals surface area contributed by atoms with Crippen LogP contribution < -0.4 is 5.32 Å². The standard InChI is InChI=1S/C23H32ClN3O4/c1-5-6-8-18-15-20-19(9-7-14-30-20)27(26(18)22(29)31-23(2,3)4)21(28)25-17-12-10-16(24)11-13-17/h10-13,15,18-19H,5-9,14H2,1-4H3,(H,25,28)/t18-,19+/m0/s1. The summed E-state index contributed by atoms with van der Waals surface area (Å²) in [7, 11) is 0. The highest BCUT2D eigenvalue weighted by atomic mass is 35.5. The molecule has 2 atom stereocenters. The molecule has 31 heavy (non-hydrogen) atoms. The molecule has 3 amide bonds. The van der Waals surface area contributed by atoms with Crippen LogP contribution >= 0.6 is 11.6 Å². The zero-order valence-corrected chi connectivity index (χ0v) is 19.4. The predicted octanol–water partition coefficient (Wildman–Crippen LogP) is 5.96. The Bertz CT molecular complexity index is 819. The van der Waals surface area contributed by atoms with E-state index in [0.29, 0.717) is 30.2 Å². The number of carbonyl (C=O) groups excluding carboxylic acids is 2. The second kappa shape index (κ2) is 9.81. The number of hydrogen-bond acceptors (Lipinski definition) is 4. The van der Waals surface area contributed by atoms with Gasteiger partial charge in [-0.3, -0.25) is 0 Å². The normalized spacial score (nSPS) is 21.0. The minimum atomic E-state index is -0.683. The number of hydrogen-bond donors (Lipinski definition) is 1. The van der Waals surface area contributed by atoms with Gasteiger partial charge in [-0.2, -0.15) is 0 Å². The maximum Gasteiger partial charge on any atom is 0.430 e. The van der Waals surface area contributed by atoms with Crippen molar-refractivity contribution in [2.24, 2.45) is 0 Å². The minimum Gasteiger partial charge on any atom is -0.496 e. The fraction of sp³-hybridized carbons (Fsp3) is 0.565. The summed E-state index contributed by atoms with van der Waals surface area (Å²) in [5.74, 6) is 0.749. The number of rotatable bonds is 4. The molecule has 0 spiro atoms. The SMILES string of the molecule is CCCC[C@H]1C=C2OCCC[C@H]2N(C(=O)Nc2ccc(Cl)cc2)N1C(=O)OC(C)(C)C. The van der Waals surface area contributed by atoms with Crippen LogP contribution in [0.25, 0.3) is 0 Å². The molecule has 0 radical (unpaired) electrons. The molecular formula is C23H32ClN3O4. The molecule has 0 aromatic heterocycles. The van der Waals surface area contributed by atoms with Crippen molar-refractivity contribution in [3.05, 3.63) is 41.1 Å². The topological polar surface area (TPSA) is 71.1 Å². The van der Waals surface area contributed by atoms with Crippen molar-refractivity contribution in [2.45, 2.75) is 77.5 Å². The van der Waals surface area contributed by atoms with E-state index in [1.54, 1.807) is 24.3 Å². The highest BCUT2D eigenvalue weighted by Gasteiger charge is 2.45. The number of hydrazine groups is 1. The van der Waals surface area contributed by atoms with E-state index < -0.39 is 17.7 Å². The molecule has 8 heteroatoms. The molecule has 1 N–H and O–H groups in total. The predicted molar refractivity (Wildman–Crippen MR) is 121 cm³/mol. The van der Waals surface area contributed by atoms with Crippen LogP contribution in [0.1, 0.15) is 59.8 Å². The lowest BCUT2D eigenvalue weighted by atomic mass is 9.99. The van der Waals surface area contributed by atoms with Crippen LogP contribution in [0.15, 0.2) is 36.1 Å². The van der Waals surface area contributed by atoms with E-state index in [0.717, 1.165) is 25.0 Å². The lowest BCUT2D eigenvalue weighted by molar-refractivity contribution is -0.0792. The molecule has 0 aliphatic carbocycles. The van der Waals surface area contributed by atoms with Gasteiger partial charge in [-0.1, -0.05) is 31.4 Å². The number of ether oxygens (including phenoxy) is 2. The molecule has 2 heterocycles. The first-order valence-electron chi connectivity index (χ1n) is 10.9. The first-order valence-corrected chi connectivity index (χ1v) is 11.3. The van der Waals surface area contributed by atoms with Gasteiger partial charge in [0.25, 0.3) is 0 Å². The average Bonchev–Trinajstić information content (AvgIpc) is 2.71. The van der Waals surface area contributed by atoms with E-state index >= 15 is 0 Å². The van der Waals surface area contributed by atoms with Gasteiger partial charge in [0.15, 0.2) is 0 Å². The Kier molecular flexibility index (Phi) is 7.36. The smallest absolute Gasteiger partial charge is 0.430 e. The molecular weight excluding hydrogens is 418 g/mol. The molecule has 1 aromatic carbocycles. The number of nitrogens with zero attached hydrogens (tertiary/aromatic N) is 2. The Morgan fingerprint density at radius 2 is 1.94 bits per heavy atom. The van der Waals surface area contributed by atoms with Gasteiger partial charge in [0.1, 0.15) is 17.4 Å². The second-order valence-electron chi connectivity index (χ2n) is 8.89. The zero-order chi connectivity index (χ0) is 22.6. The molecule has 170 valence electrons. The van der Waals surface area contributed by atoms with Crippen LogP contribution in [0, 0.1) is 0 Å². The quantitative estimate of drug-likeness (QED) is 0.615. The Hall–Kier alpha value is -2.41. The van der Waals surface area contributed by atoms with Crippen LogP contribution in [0.5, 0.6) is 0 Å². The fourth-order valence-corrected chi connectivity index (χ4v) is 3.91. The van der Waals surface area contributed by atoms with E-state index in [9.17, 15) is 9.59 Å². The van der Waals surface area contributed by atoms with Crippen molar-refractivity contribution >= 4 is 29.4 Å². The first-order chi connectivity index (χ1) is 14.7. The van der Waals surface area contributed by atoms with Gasteiger partial charge in [0.2, 0.25) is 0 Å². The van der Waals surface area contributed by atoms with Gasteiger partial charge >= 0.3 is 12.1 Å². The van der Waals surface area contributed by atoms with Crippen molar-refractivity contribution in [2.75, 3.05) is 11.9 Å². The molecule has 2 aliphatic heterocycles. The van der Waals surface area contributed by atoms with E-state index in [1.807, 2.05) is 26.8 Å². The summed E-state index contributed by atoms with van der Waals surface area (Å²) in [6, 6.07) is 5.78. The van der Waals surface area contributed by atoms with E-state index in [2.05, 4.69) is 12.2 Å². The monoisotopic (exact) mass is 449 g/mol. The summed E-state index contributed by atoms with van der Waals surface area (Å²) in [5, 5.41) is 6.42. The number of amides is 3. The Balaban J connectivity index is 1.96. The zero-order valence-electron chi connectivity index (χ0n) is 18.7. The number of halogens is 1. The molecule has 2 aliphatic rings. The summed E-state index contributed by atoms with van der Waals surface area (Å²) in [6.45, 7) is 8.16. The summed E-state index contributed by atoms with van der Waals surface area (Å²) < 4.78 is 11.6. The average molecular weight is 450 g/mol. The molecule has 1 saturated heterocycles. The molecule has 1 aromatic rings. The van der Waals surface area contributed by atoms with Crippen LogP contribution in [-0.2, 0) is 9.47 Å². The second-order valence-corrected chi connectivity index (χ2v) is 9.33. The lowest BCUT2D eigenvalue weighted by Gasteiger charge is -2.48. The van der Waals surface area contributed by atoms with Gasteiger partial charge in [0, 0.05) is 10.7 Å². The van der Waals surface area contributed by atoms with E-state index in [4.69, 9.17) is 21.1 Å². The molecule has 0 bridgehead atoms. The third-order valence-corrected chi connectivity index (χ3v) is 5.41. The Morgan fingerprint density at radius 1 is 1.23 bits per heavy atom. The van der Waals surface area contributed by atoms with E-state index in [1.165, 1.54) is 10.0 Å². The van der Waals surface area contributed by atoms with Gasteiger partial charge in [0.05, 0.1) is 12.6 Å². The molecule has 0 unspecified atom stereocenters. The third kappa shape index (κ3) is 5.85. The Morgan fingerprint density at radius 3 is 2.58 bits per heavy atom. The molecule has 0 saturated carbocycles. The molecule has 1 fully saturated rings. The first kappa shape index (κ1) is 23.3. The largest absolute Gasteiger partial charge is 0.496 e. The number of benzene rings is 1. The summed E-state index contributed by atoms with van der Waals surface area (Å²) in [5.41, 5.74) is -0.0888. The van der Waals surface area contributed by atoms with Gasteiger partial charge in [-0.15, -0.1) is 0 Å². The van der Waals surface area contributed by atoms with Crippen molar-refractivity contribution in [1.82, 2.24) is 10.0 Å².